The zero-order valence-electron chi connectivity index (χ0n) is 9.47. The molecule has 0 aliphatic rings. The summed E-state index contributed by atoms with van der Waals surface area (Å²) in [6.45, 7) is 0.485. The molecule has 0 saturated heterocycles. The van der Waals surface area contributed by atoms with Crippen molar-refractivity contribution in [3.63, 3.8) is 0 Å². The normalized spacial score (nSPS) is 12.2. The molecule has 0 amide bonds. The minimum atomic E-state index is -0.829. The highest BCUT2D eigenvalue weighted by Crippen LogP contribution is 2.18. The summed E-state index contributed by atoms with van der Waals surface area (Å²) in [5.41, 5.74) is 1.66. The summed E-state index contributed by atoms with van der Waals surface area (Å²) >= 11 is 0. The molecule has 0 radical (unpaired) electrons. The first-order chi connectivity index (χ1) is 7.67. The Hall–Kier alpha value is -1.39. The van der Waals surface area contributed by atoms with Crippen LogP contribution in [0, 0.1) is 0 Å². The maximum absolute atomic E-state index is 11.0. The number of carbonyl (C=O) groups is 1. The van der Waals surface area contributed by atoms with Crippen molar-refractivity contribution in [2.75, 3.05) is 14.2 Å². The Morgan fingerprint density at radius 3 is 2.81 bits per heavy atom. The quantitative estimate of drug-likeness (QED) is 0.769. The predicted molar refractivity (Wildman–Crippen MR) is 58.7 cm³/mol. The van der Waals surface area contributed by atoms with Crippen LogP contribution in [-0.2, 0) is 20.9 Å². The van der Waals surface area contributed by atoms with Gasteiger partial charge in [0, 0.05) is 7.11 Å². The van der Waals surface area contributed by atoms with Crippen molar-refractivity contribution in [1.29, 1.82) is 0 Å². The Labute approximate surface area is 94.8 Å². The summed E-state index contributed by atoms with van der Waals surface area (Å²) in [7, 11) is 2.91. The second-order valence-electron chi connectivity index (χ2n) is 3.47. The number of hydrogen-bond acceptors (Lipinski definition) is 4. The molecular weight excluding hydrogens is 208 g/mol. The molecule has 1 N–H and O–H groups in total. The van der Waals surface area contributed by atoms with Crippen LogP contribution in [0.3, 0.4) is 0 Å². The number of aliphatic hydroxyl groups excluding tert-OH is 1. The molecule has 0 heterocycles. The lowest BCUT2D eigenvalue weighted by atomic mass is 10.0. The van der Waals surface area contributed by atoms with Crippen LogP contribution in [0.25, 0.3) is 0 Å². The number of hydrogen-bond donors (Lipinski definition) is 1. The minimum absolute atomic E-state index is 0.0348. The smallest absolute Gasteiger partial charge is 0.308 e. The molecule has 16 heavy (non-hydrogen) atoms. The van der Waals surface area contributed by atoms with Crippen molar-refractivity contribution in [2.24, 2.45) is 0 Å². The average molecular weight is 224 g/mol. The van der Waals surface area contributed by atoms with Gasteiger partial charge in [0.05, 0.1) is 26.2 Å². The van der Waals surface area contributed by atoms with E-state index in [1.165, 1.54) is 7.11 Å². The second-order valence-corrected chi connectivity index (χ2v) is 3.47. The van der Waals surface area contributed by atoms with Crippen LogP contribution in [0.5, 0.6) is 0 Å². The van der Waals surface area contributed by atoms with E-state index in [1.54, 1.807) is 13.2 Å². The van der Waals surface area contributed by atoms with Gasteiger partial charge in [0.15, 0.2) is 0 Å². The third kappa shape index (κ3) is 3.64. The predicted octanol–water partition coefficient (Wildman–Crippen LogP) is 1.43. The summed E-state index contributed by atoms with van der Waals surface area (Å²) in [6.07, 6.45) is -0.864. The third-order valence-corrected chi connectivity index (χ3v) is 2.23. The lowest BCUT2D eigenvalue weighted by molar-refractivity contribution is -0.142. The fourth-order valence-electron chi connectivity index (χ4n) is 1.42. The molecular formula is C12H16O4. The van der Waals surface area contributed by atoms with Gasteiger partial charge in [-0.1, -0.05) is 24.3 Å². The van der Waals surface area contributed by atoms with E-state index in [1.807, 2.05) is 18.2 Å². The van der Waals surface area contributed by atoms with Crippen molar-refractivity contribution in [2.45, 2.75) is 19.1 Å². The molecule has 0 spiro atoms. The molecule has 4 heteroatoms. The first-order valence-electron chi connectivity index (χ1n) is 5.00. The molecule has 1 rings (SSSR count). The largest absolute Gasteiger partial charge is 0.469 e. The van der Waals surface area contributed by atoms with E-state index in [0.717, 1.165) is 5.56 Å². The highest BCUT2D eigenvalue weighted by atomic mass is 16.5. The zero-order chi connectivity index (χ0) is 12.0. The molecule has 1 aromatic rings. The summed E-state index contributed by atoms with van der Waals surface area (Å²) in [6, 6.07) is 7.31. The summed E-state index contributed by atoms with van der Waals surface area (Å²) in [4.78, 5) is 11.0. The van der Waals surface area contributed by atoms with Crippen molar-refractivity contribution >= 4 is 5.97 Å². The molecule has 1 atom stereocenters. The zero-order valence-corrected chi connectivity index (χ0v) is 9.47. The fraction of sp³-hybridized carbons (Fsp3) is 0.417. The summed E-state index contributed by atoms with van der Waals surface area (Å²) < 4.78 is 9.49. The van der Waals surface area contributed by atoms with Crippen molar-refractivity contribution in [3.05, 3.63) is 35.4 Å². The highest BCUT2D eigenvalue weighted by molar-refractivity contribution is 5.70. The van der Waals surface area contributed by atoms with E-state index in [4.69, 9.17) is 4.74 Å². The van der Waals surface area contributed by atoms with Crippen LogP contribution >= 0.6 is 0 Å². The molecule has 0 fully saturated rings. The highest BCUT2D eigenvalue weighted by Gasteiger charge is 2.13. The van der Waals surface area contributed by atoms with Crippen LogP contribution < -0.4 is 0 Å². The van der Waals surface area contributed by atoms with Gasteiger partial charge in [-0.25, -0.2) is 0 Å². The number of ether oxygens (including phenoxy) is 2. The van der Waals surface area contributed by atoms with Crippen molar-refractivity contribution in [1.82, 2.24) is 0 Å². The first-order valence-corrected chi connectivity index (χ1v) is 5.00. The average Bonchev–Trinajstić information content (AvgIpc) is 2.29. The van der Waals surface area contributed by atoms with Gasteiger partial charge in [0.2, 0.25) is 0 Å². The third-order valence-electron chi connectivity index (χ3n) is 2.23. The maximum Gasteiger partial charge on any atom is 0.308 e. The van der Waals surface area contributed by atoms with Crippen molar-refractivity contribution in [3.8, 4) is 0 Å². The number of esters is 1. The van der Waals surface area contributed by atoms with Gasteiger partial charge >= 0.3 is 5.97 Å². The Morgan fingerprint density at radius 1 is 1.44 bits per heavy atom. The van der Waals surface area contributed by atoms with Crippen LogP contribution in [0.15, 0.2) is 24.3 Å². The maximum atomic E-state index is 11.0. The van der Waals surface area contributed by atoms with E-state index < -0.39 is 12.1 Å². The minimum Gasteiger partial charge on any atom is -0.469 e. The Morgan fingerprint density at radius 2 is 2.19 bits per heavy atom. The molecule has 0 saturated carbocycles. The van der Waals surface area contributed by atoms with Gasteiger partial charge in [-0.3, -0.25) is 4.79 Å². The van der Waals surface area contributed by atoms with Crippen molar-refractivity contribution < 1.29 is 19.4 Å². The van der Waals surface area contributed by atoms with E-state index in [-0.39, 0.29) is 6.42 Å². The number of benzene rings is 1. The molecule has 0 aromatic heterocycles. The van der Waals surface area contributed by atoms with Gasteiger partial charge in [-0.2, -0.15) is 0 Å². The number of carbonyl (C=O) groups excluding carboxylic acids is 1. The van der Waals surface area contributed by atoms with E-state index >= 15 is 0 Å². The van der Waals surface area contributed by atoms with Gasteiger partial charge in [-0.15, -0.1) is 0 Å². The molecule has 0 bridgehead atoms. The van der Waals surface area contributed by atoms with Crippen LogP contribution in [-0.4, -0.2) is 25.3 Å². The molecule has 88 valence electrons. The van der Waals surface area contributed by atoms with Gasteiger partial charge < -0.3 is 14.6 Å². The molecule has 0 aliphatic carbocycles. The molecule has 0 aliphatic heterocycles. The number of methoxy groups -OCH3 is 2. The van der Waals surface area contributed by atoms with E-state index in [2.05, 4.69) is 4.74 Å². The SMILES string of the molecule is COCc1cccc([C@@H](O)CC(=O)OC)c1. The van der Waals surface area contributed by atoms with Gasteiger partial charge in [-0.05, 0) is 11.1 Å². The van der Waals surface area contributed by atoms with E-state index in [9.17, 15) is 9.90 Å². The van der Waals surface area contributed by atoms with Gasteiger partial charge in [0.25, 0.3) is 0 Å². The van der Waals surface area contributed by atoms with Crippen LogP contribution in [0.1, 0.15) is 23.7 Å². The fourth-order valence-corrected chi connectivity index (χ4v) is 1.42. The Bertz CT molecular complexity index is 349. The molecule has 0 unspecified atom stereocenters. The summed E-state index contributed by atoms with van der Waals surface area (Å²) in [5, 5.41) is 9.77. The second kappa shape index (κ2) is 6.25. The molecule has 4 nitrogen and oxygen atoms in total. The summed E-state index contributed by atoms with van der Waals surface area (Å²) in [5.74, 6) is -0.426. The topological polar surface area (TPSA) is 55.8 Å². The first kappa shape index (κ1) is 12.7. The molecule has 1 aromatic carbocycles. The standard InChI is InChI=1S/C12H16O4/c1-15-8-9-4-3-5-10(6-9)11(13)7-12(14)16-2/h3-6,11,13H,7-8H2,1-2H3/t11-/m0/s1. The number of rotatable bonds is 5. The van der Waals surface area contributed by atoms with Crippen LogP contribution in [0.2, 0.25) is 0 Å². The lowest BCUT2D eigenvalue weighted by Gasteiger charge is -2.10. The van der Waals surface area contributed by atoms with Gasteiger partial charge in [0.1, 0.15) is 0 Å². The van der Waals surface area contributed by atoms with Crippen LogP contribution in [0.4, 0.5) is 0 Å². The monoisotopic (exact) mass is 224 g/mol. The van der Waals surface area contributed by atoms with E-state index in [0.29, 0.717) is 12.2 Å². The number of aliphatic hydroxyl groups is 1. The Balaban J connectivity index is 2.71. The Kier molecular flexibility index (Phi) is 4.95. The lowest BCUT2D eigenvalue weighted by Crippen LogP contribution is -2.08.